The first kappa shape index (κ1) is 16.1. The van der Waals surface area contributed by atoms with Gasteiger partial charge in [0.2, 0.25) is 5.91 Å². The molecule has 1 aliphatic carbocycles. The van der Waals surface area contributed by atoms with Crippen LogP contribution in [-0.4, -0.2) is 47.3 Å². The van der Waals surface area contributed by atoms with E-state index in [1.165, 1.54) is 10.9 Å². The van der Waals surface area contributed by atoms with Crippen molar-refractivity contribution in [3.63, 3.8) is 0 Å². The van der Waals surface area contributed by atoms with Gasteiger partial charge in [-0.3, -0.25) is 4.79 Å². The molecule has 1 amide bonds. The molecule has 0 spiro atoms. The molecule has 2 aromatic rings. The molecule has 1 aromatic carbocycles. The van der Waals surface area contributed by atoms with Gasteiger partial charge in [-0.25, -0.2) is 0 Å². The zero-order valence-corrected chi connectivity index (χ0v) is 14.9. The van der Waals surface area contributed by atoms with Gasteiger partial charge in [0, 0.05) is 36.2 Å². The molecule has 26 heavy (non-hydrogen) atoms. The summed E-state index contributed by atoms with van der Waals surface area (Å²) < 4.78 is 5.44. The third-order valence-corrected chi connectivity index (χ3v) is 6.60. The van der Waals surface area contributed by atoms with Crippen molar-refractivity contribution in [3.8, 4) is 0 Å². The maximum absolute atomic E-state index is 13.5. The molecule has 5 rings (SSSR count). The second kappa shape index (κ2) is 5.69. The summed E-state index contributed by atoms with van der Waals surface area (Å²) in [6.45, 7) is 1.05. The fourth-order valence-corrected chi connectivity index (χ4v) is 5.42. The Morgan fingerprint density at radius 3 is 3.08 bits per heavy atom. The lowest BCUT2D eigenvalue weighted by Gasteiger charge is -2.53. The minimum Gasteiger partial charge on any atom is -0.392 e. The number of hydrogen-bond acceptors (Lipinski definition) is 3. The number of aromatic amines is 1. The number of nitrogens with zero attached hydrogens (tertiary/aromatic N) is 1. The number of amides is 1. The van der Waals surface area contributed by atoms with Gasteiger partial charge in [0.25, 0.3) is 0 Å². The van der Waals surface area contributed by atoms with Gasteiger partial charge >= 0.3 is 0 Å². The van der Waals surface area contributed by atoms with Crippen LogP contribution in [-0.2, 0) is 16.0 Å². The van der Waals surface area contributed by atoms with Crippen molar-refractivity contribution in [1.29, 1.82) is 0 Å². The number of methoxy groups -OCH3 is 1. The second-order valence-electron chi connectivity index (χ2n) is 7.85. The van der Waals surface area contributed by atoms with Crippen LogP contribution in [0.15, 0.2) is 36.4 Å². The highest BCUT2D eigenvalue weighted by atomic mass is 16.5. The van der Waals surface area contributed by atoms with Gasteiger partial charge in [-0.05, 0) is 30.9 Å². The smallest absolute Gasteiger partial charge is 0.235 e. The Hall–Kier alpha value is -2.11. The molecule has 3 aliphatic rings. The number of piperidine rings is 1. The van der Waals surface area contributed by atoms with Crippen molar-refractivity contribution in [2.45, 2.75) is 31.4 Å². The molecule has 1 saturated heterocycles. The molecule has 0 unspecified atom stereocenters. The average molecular weight is 352 g/mol. The number of nitrogens with one attached hydrogen (secondary N) is 1. The summed E-state index contributed by atoms with van der Waals surface area (Å²) in [5.41, 5.74) is 2.88. The summed E-state index contributed by atoms with van der Waals surface area (Å²) in [5, 5.41) is 12.0. The van der Waals surface area contributed by atoms with Gasteiger partial charge < -0.3 is 19.7 Å². The highest BCUT2D eigenvalue weighted by Gasteiger charge is 2.56. The molecule has 5 heteroatoms. The number of hydrogen-bond donors (Lipinski definition) is 2. The Balaban J connectivity index is 1.62. The molecular formula is C21H24N2O3. The van der Waals surface area contributed by atoms with Gasteiger partial charge in [0.1, 0.15) is 0 Å². The Morgan fingerprint density at radius 1 is 1.38 bits per heavy atom. The lowest BCUT2D eigenvalue weighted by atomic mass is 9.62. The number of fused-ring (bicyclic) bond motifs is 6. The monoisotopic (exact) mass is 352 g/mol. The van der Waals surface area contributed by atoms with E-state index in [-0.39, 0.29) is 17.9 Å². The normalized spacial score (nSPS) is 33.1. The highest BCUT2D eigenvalue weighted by molar-refractivity contribution is 5.89. The van der Waals surface area contributed by atoms with Gasteiger partial charge in [-0.15, -0.1) is 0 Å². The van der Waals surface area contributed by atoms with Crippen LogP contribution in [0.2, 0.25) is 0 Å². The van der Waals surface area contributed by atoms with Crippen LogP contribution in [0.5, 0.6) is 0 Å². The largest absolute Gasteiger partial charge is 0.392 e. The third kappa shape index (κ3) is 2.01. The topological polar surface area (TPSA) is 65.6 Å². The van der Waals surface area contributed by atoms with Gasteiger partial charge in [0.05, 0.1) is 24.2 Å². The van der Waals surface area contributed by atoms with Crippen molar-refractivity contribution in [2.75, 3.05) is 20.3 Å². The van der Waals surface area contributed by atoms with Gasteiger partial charge in [0.15, 0.2) is 0 Å². The lowest BCUT2D eigenvalue weighted by molar-refractivity contribution is -0.164. The van der Waals surface area contributed by atoms with E-state index in [0.29, 0.717) is 13.0 Å². The van der Waals surface area contributed by atoms with Crippen molar-refractivity contribution < 1.29 is 14.6 Å². The van der Waals surface area contributed by atoms with Crippen LogP contribution in [0.4, 0.5) is 0 Å². The maximum Gasteiger partial charge on any atom is 0.235 e. The predicted molar refractivity (Wildman–Crippen MR) is 98.6 cm³/mol. The van der Waals surface area contributed by atoms with Crippen LogP contribution in [0.25, 0.3) is 10.9 Å². The van der Waals surface area contributed by atoms with Crippen LogP contribution in [0, 0.1) is 11.3 Å². The van der Waals surface area contributed by atoms with E-state index in [9.17, 15) is 9.90 Å². The molecule has 4 atom stereocenters. The Labute approximate surface area is 152 Å². The quantitative estimate of drug-likeness (QED) is 0.817. The number of para-hydroxylation sites is 1. The second-order valence-corrected chi connectivity index (χ2v) is 7.85. The van der Waals surface area contributed by atoms with E-state index in [1.54, 1.807) is 7.11 Å². The SMILES string of the molecule is COC[C@]12C=CC[C@@H](O)[C@H]1C[C@H]1c3[nH]c4ccccc4c3CCN1C2=O. The molecular weight excluding hydrogens is 328 g/mol. The first-order valence-corrected chi connectivity index (χ1v) is 9.41. The lowest BCUT2D eigenvalue weighted by Crippen LogP contribution is -2.60. The summed E-state index contributed by atoms with van der Waals surface area (Å²) >= 11 is 0. The number of benzene rings is 1. The van der Waals surface area contributed by atoms with Gasteiger partial charge in [-0.1, -0.05) is 30.4 Å². The first-order chi connectivity index (χ1) is 12.7. The fraction of sp³-hybridized carbons (Fsp3) is 0.476. The number of H-pyrrole nitrogens is 1. The highest BCUT2D eigenvalue weighted by Crippen LogP contribution is 2.52. The average Bonchev–Trinajstić information content (AvgIpc) is 3.03. The Kier molecular flexibility index (Phi) is 3.52. The fourth-order valence-electron chi connectivity index (χ4n) is 5.42. The van der Waals surface area contributed by atoms with Crippen LogP contribution < -0.4 is 0 Å². The summed E-state index contributed by atoms with van der Waals surface area (Å²) in [7, 11) is 1.63. The molecule has 3 heterocycles. The van der Waals surface area contributed by atoms with E-state index < -0.39 is 11.5 Å². The molecule has 5 nitrogen and oxygen atoms in total. The summed E-state index contributed by atoms with van der Waals surface area (Å²) in [4.78, 5) is 19.1. The number of aromatic nitrogens is 1. The van der Waals surface area contributed by atoms with Crippen molar-refractivity contribution in [3.05, 3.63) is 47.7 Å². The number of carbonyl (C=O) groups is 1. The molecule has 0 saturated carbocycles. The minimum atomic E-state index is -0.730. The van der Waals surface area contributed by atoms with E-state index in [1.807, 2.05) is 23.1 Å². The Bertz CT molecular complexity index is 902. The van der Waals surface area contributed by atoms with Crippen LogP contribution in [0.3, 0.4) is 0 Å². The molecule has 1 aromatic heterocycles. The van der Waals surface area contributed by atoms with E-state index in [0.717, 1.165) is 30.6 Å². The number of ether oxygens (including phenoxy) is 1. The number of aliphatic hydroxyl groups is 1. The molecule has 2 N–H and O–H groups in total. The Morgan fingerprint density at radius 2 is 2.23 bits per heavy atom. The number of rotatable bonds is 2. The molecule has 2 aliphatic heterocycles. The zero-order chi connectivity index (χ0) is 17.9. The zero-order valence-electron chi connectivity index (χ0n) is 14.9. The van der Waals surface area contributed by atoms with Crippen molar-refractivity contribution in [2.24, 2.45) is 11.3 Å². The van der Waals surface area contributed by atoms with E-state index in [4.69, 9.17) is 4.74 Å². The van der Waals surface area contributed by atoms with Crippen LogP contribution >= 0.6 is 0 Å². The summed E-state index contributed by atoms with van der Waals surface area (Å²) in [6.07, 6.45) is 5.66. The predicted octanol–water partition coefficient (Wildman–Crippen LogP) is 2.57. The first-order valence-electron chi connectivity index (χ1n) is 9.41. The minimum absolute atomic E-state index is 0.00906. The van der Waals surface area contributed by atoms with Crippen LogP contribution in [0.1, 0.15) is 30.1 Å². The molecule has 0 bridgehead atoms. The molecule has 1 fully saturated rings. The summed E-state index contributed by atoms with van der Waals surface area (Å²) in [6, 6.07) is 8.35. The molecule has 0 radical (unpaired) electrons. The maximum atomic E-state index is 13.5. The van der Waals surface area contributed by atoms with Crippen molar-refractivity contribution in [1.82, 2.24) is 9.88 Å². The number of carbonyl (C=O) groups excluding carboxylic acids is 1. The standard InChI is InChI=1S/C21H24N2O3/c1-26-12-21-9-4-7-18(24)15(21)11-17-19-14(8-10-23(17)20(21)25)13-5-2-3-6-16(13)22-19/h2-6,9,15,17-18,22,24H,7-8,10-12H2,1H3/t15-,17+,18-,21-/m1/s1. The third-order valence-electron chi connectivity index (χ3n) is 6.60. The molecule has 136 valence electrons. The van der Waals surface area contributed by atoms with Gasteiger partial charge in [-0.2, -0.15) is 0 Å². The summed E-state index contributed by atoms with van der Waals surface area (Å²) in [5.74, 6) is -0.0153. The van der Waals surface area contributed by atoms with Crippen molar-refractivity contribution >= 4 is 16.8 Å². The van der Waals surface area contributed by atoms with E-state index in [2.05, 4.69) is 23.2 Å². The van der Waals surface area contributed by atoms with E-state index >= 15 is 0 Å². The number of aliphatic hydroxyl groups excluding tert-OH is 1.